The first-order valence-electron chi connectivity index (χ1n) is 7.52. The van der Waals surface area contributed by atoms with E-state index in [9.17, 15) is 13.6 Å². The fraction of sp³-hybridized carbons (Fsp3) is 0.353. The minimum atomic E-state index is -0.478. The highest BCUT2D eigenvalue weighted by Gasteiger charge is 2.24. The van der Waals surface area contributed by atoms with Gasteiger partial charge in [0.1, 0.15) is 17.7 Å². The number of hydrogen-bond acceptors (Lipinski definition) is 3. The summed E-state index contributed by atoms with van der Waals surface area (Å²) in [5, 5.41) is 4.76. The number of ether oxygens (including phenoxy) is 1. The van der Waals surface area contributed by atoms with Gasteiger partial charge >= 0.3 is 0 Å². The Morgan fingerprint density at radius 3 is 3.09 bits per heavy atom. The van der Waals surface area contributed by atoms with E-state index in [0.717, 1.165) is 29.5 Å². The van der Waals surface area contributed by atoms with Crippen molar-refractivity contribution in [2.75, 3.05) is 13.2 Å². The van der Waals surface area contributed by atoms with Crippen molar-refractivity contribution in [2.45, 2.75) is 25.4 Å². The van der Waals surface area contributed by atoms with Crippen molar-refractivity contribution >= 4 is 17.2 Å². The van der Waals surface area contributed by atoms with Gasteiger partial charge in [-0.25, -0.2) is 8.78 Å². The lowest BCUT2D eigenvalue weighted by atomic mass is 10.1. The maximum absolute atomic E-state index is 13.5. The van der Waals surface area contributed by atoms with E-state index in [1.165, 1.54) is 5.56 Å². The van der Waals surface area contributed by atoms with Gasteiger partial charge in [-0.2, -0.15) is 0 Å². The van der Waals surface area contributed by atoms with Crippen LogP contribution < -0.4 is 5.32 Å². The first-order valence-corrected chi connectivity index (χ1v) is 8.40. The van der Waals surface area contributed by atoms with Crippen LogP contribution in [0.25, 0.3) is 0 Å². The van der Waals surface area contributed by atoms with Gasteiger partial charge in [-0.05, 0) is 53.6 Å². The number of amides is 1. The summed E-state index contributed by atoms with van der Waals surface area (Å²) in [5.41, 5.74) is 1.51. The average molecular weight is 337 g/mol. The molecular formula is C17H17F2NO2S. The zero-order valence-corrected chi connectivity index (χ0v) is 13.3. The summed E-state index contributed by atoms with van der Waals surface area (Å²) in [7, 11) is 0. The Morgan fingerprint density at radius 2 is 2.22 bits per heavy atom. The summed E-state index contributed by atoms with van der Waals surface area (Å²) in [4.78, 5) is 13.1. The van der Waals surface area contributed by atoms with Crippen LogP contribution in [0.15, 0.2) is 29.6 Å². The van der Waals surface area contributed by atoms with E-state index in [2.05, 4.69) is 11.4 Å². The second kappa shape index (κ2) is 7.19. The van der Waals surface area contributed by atoms with Crippen molar-refractivity contribution in [2.24, 2.45) is 0 Å². The summed E-state index contributed by atoms with van der Waals surface area (Å²) >= 11 is 1.60. The molecule has 1 N–H and O–H groups in total. The van der Waals surface area contributed by atoms with Gasteiger partial charge in [0, 0.05) is 11.4 Å². The Morgan fingerprint density at radius 1 is 1.35 bits per heavy atom. The van der Waals surface area contributed by atoms with Crippen LogP contribution in [0.1, 0.15) is 28.5 Å². The molecule has 0 saturated heterocycles. The molecule has 1 atom stereocenters. The number of carbonyl (C=O) groups is 1. The molecular weight excluding hydrogens is 320 g/mol. The largest absolute Gasteiger partial charge is 0.372 e. The fourth-order valence-electron chi connectivity index (χ4n) is 2.69. The Hall–Kier alpha value is -1.79. The van der Waals surface area contributed by atoms with Gasteiger partial charge in [-0.15, -0.1) is 11.3 Å². The van der Waals surface area contributed by atoms with Crippen LogP contribution in [0.4, 0.5) is 8.78 Å². The van der Waals surface area contributed by atoms with Crippen LogP contribution in [0.2, 0.25) is 0 Å². The van der Waals surface area contributed by atoms with E-state index in [1.54, 1.807) is 11.3 Å². The van der Waals surface area contributed by atoms with Crippen molar-refractivity contribution in [3.63, 3.8) is 0 Å². The Balaban J connectivity index is 1.50. The molecule has 1 aliphatic rings. The lowest BCUT2D eigenvalue weighted by molar-refractivity contribution is -0.124. The molecule has 0 aliphatic carbocycles. The van der Waals surface area contributed by atoms with Crippen molar-refractivity contribution in [1.82, 2.24) is 5.32 Å². The molecule has 1 aromatic carbocycles. The predicted octanol–water partition coefficient (Wildman–Crippen LogP) is 3.39. The topological polar surface area (TPSA) is 38.3 Å². The first kappa shape index (κ1) is 16.1. The highest BCUT2D eigenvalue weighted by molar-refractivity contribution is 7.10. The van der Waals surface area contributed by atoms with E-state index >= 15 is 0 Å². The van der Waals surface area contributed by atoms with E-state index in [1.807, 2.05) is 5.38 Å². The number of carbonyl (C=O) groups excluding carboxylic acids is 1. The Bertz CT molecular complexity index is 702. The van der Waals surface area contributed by atoms with Crippen molar-refractivity contribution in [3.8, 4) is 0 Å². The van der Waals surface area contributed by atoms with E-state index in [0.29, 0.717) is 6.61 Å². The Labute approximate surface area is 137 Å². The molecule has 0 saturated carbocycles. The molecule has 1 aromatic heterocycles. The maximum Gasteiger partial charge on any atom is 0.223 e. The third kappa shape index (κ3) is 3.95. The molecule has 2 aromatic rings. The SMILES string of the molecule is O=C(CC1OCCc2ccsc21)NCCc1cc(F)ccc1F. The smallest absolute Gasteiger partial charge is 0.223 e. The number of nitrogens with one attached hydrogen (secondary N) is 1. The lowest BCUT2D eigenvalue weighted by Gasteiger charge is -2.22. The van der Waals surface area contributed by atoms with Crippen molar-refractivity contribution < 1.29 is 18.3 Å². The monoisotopic (exact) mass is 337 g/mol. The molecule has 2 heterocycles. The number of thiophene rings is 1. The van der Waals surface area contributed by atoms with Gasteiger partial charge in [-0.3, -0.25) is 4.79 Å². The minimum Gasteiger partial charge on any atom is -0.372 e. The number of hydrogen-bond donors (Lipinski definition) is 1. The third-order valence-electron chi connectivity index (χ3n) is 3.86. The van der Waals surface area contributed by atoms with Gasteiger partial charge in [0.2, 0.25) is 5.91 Å². The van der Waals surface area contributed by atoms with E-state index < -0.39 is 11.6 Å². The van der Waals surface area contributed by atoms with Gasteiger partial charge < -0.3 is 10.1 Å². The number of benzene rings is 1. The molecule has 1 unspecified atom stereocenters. The lowest BCUT2D eigenvalue weighted by Crippen LogP contribution is -2.29. The minimum absolute atomic E-state index is 0.145. The van der Waals surface area contributed by atoms with Gasteiger partial charge in [0.05, 0.1) is 13.0 Å². The van der Waals surface area contributed by atoms with Crippen molar-refractivity contribution in [1.29, 1.82) is 0 Å². The molecule has 122 valence electrons. The number of halogens is 2. The van der Waals surface area contributed by atoms with Gasteiger partial charge in [0.15, 0.2) is 0 Å². The second-order valence-corrected chi connectivity index (χ2v) is 6.41. The highest BCUT2D eigenvalue weighted by Crippen LogP contribution is 2.33. The van der Waals surface area contributed by atoms with E-state index in [-0.39, 0.29) is 37.0 Å². The Kier molecular flexibility index (Phi) is 5.03. The van der Waals surface area contributed by atoms with Crippen LogP contribution in [-0.2, 0) is 22.4 Å². The highest BCUT2D eigenvalue weighted by atomic mass is 32.1. The number of rotatable bonds is 5. The summed E-state index contributed by atoms with van der Waals surface area (Å²) in [6.45, 7) is 0.888. The zero-order valence-electron chi connectivity index (χ0n) is 12.5. The first-order chi connectivity index (χ1) is 11.1. The molecule has 0 spiro atoms. The predicted molar refractivity (Wildman–Crippen MR) is 84.4 cm³/mol. The molecule has 3 rings (SSSR count). The fourth-order valence-corrected chi connectivity index (χ4v) is 3.69. The molecule has 0 fully saturated rings. The average Bonchev–Trinajstić information content (AvgIpc) is 3.00. The van der Waals surface area contributed by atoms with Gasteiger partial charge in [0.25, 0.3) is 0 Å². The molecule has 3 nitrogen and oxygen atoms in total. The molecule has 1 amide bonds. The van der Waals surface area contributed by atoms with Crippen LogP contribution >= 0.6 is 11.3 Å². The summed E-state index contributed by atoms with van der Waals surface area (Å²) in [5.74, 6) is -1.08. The van der Waals surface area contributed by atoms with Crippen LogP contribution in [0, 0.1) is 11.6 Å². The molecule has 6 heteroatoms. The molecule has 23 heavy (non-hydrogen) atoms. The zero-order chi connectivity index (χ0) is 16.2. The van der Waals surface area contributed by atoms with Crippen LogP contribution in [0.3, 0.4) is 0 Å². The maximum atomic E-state index is 13.5. The summed E-state index contributed by atoms with van der Waals surface area (Å²) < 4.78 is 32.3. The normalized spacial score (nSPS) is 16.9. The van der Waals surface area contributed by atoms with Crippen LogP contribution in [-0.4, -0.2) is 19.1 Å². The van der Waals surface area contributed by atoms with Crippen molar-refractivity contribution in [3.05, 3.63) is 57.3 Å². The standard InChI is InChI=1S/C17H17F2NO2S/c18-13-1-2-14(19)12(9-13)3-6-20-16(21)10-15-17-11(4-7-22-15)5-8-23-17/h1-2,5,8-9,15H,3-4,6-7,10H2,(H,20,21). The van der Waals surface area contributed by atoms with E-state index in [4.69, 9.17) is 4.74 Å². The summed E-state index contributed by atoms with van der Waals surface area (Å²) in [6, 6.07) is 5.40. The third-order valence-corrected chi connectivity index (χ3v) is 4.91. The molecule has 0 bridgehead atoms. The molecule has 0 radical (unpaired) electrons. The summed E-state index contributed by atoms with van der Waals surface area (Å²) in [6.07, 6.45) is 1.18. The second-order valence-electron chi connectivity index (χ2n) is 5.46. The number of fused-ring (bicyclic) bond motifs is 1. The molecule has 1 aliphatic heterocycles. The van der Waals surface area contributed by atoms with Crippen LogP contribution in [0.5, 0.6) is 0 Å². The van der Waals surface area contributed by atoms with Gasteiger partial charge in [-0.1, -0.05) is 0 Å². The quantitative estimate of drug-likeness (QED) is 0.908.